The lowest BCUT2D eigenvalue weighted by Gasteiger charge is -2.32. The molecule has 11 nitrogen and oxygen atoms in total. The van der Waals surface area contributed by atoms with Crippen LogP contribution in [-0.2, 0) is 47.6 Å². The predicted molar refractivity (Wildman–Crippen MR) is 160 cm³/mol. The van der Waals surface area contributed by atoms with Crippen LogP contribution in [0.1, 0.15) is 91.9 Å². The fourth-order valence-electron chi connectivity index (χ4n) is 4.74. The number of carbonyl (C=O) groups excluding carboxylic acids is 3. The molecule has 0 saturated carbocycles. The van der Waals surface area contributed by atoms with Crippen LogP contribution in [0.3, 0.4) is 0 Å². The third-order valence-electron chi connectivity index (χ3n) is 7.65. The zero-order chi connectivity index (χ0) is 32.0. The summed E-state index contributed by atoms with van der Waals surface area (Å²) >= 11 is 0. The molecular formula is C32H54O11. The van der Waals surface area contributed by atoms with Gasteiger partial charge in [-0.1, -0.05) is 19.4 Å². The number of carboxylic acid groups (broad SMARTS) is 1. The lowest BCUT2D eigenvalue weighted by molar-refractivity contribution is -0.147. The molecule has 0 aromatic heterocycles. The molecule has 11 heteroatoms. The van der Waals surface area contributed by atoms with E-state index in [-0.39, 0.29) is 29.2 Å². The molecule has 4 aliphatic rings. The highest BCUT2D eigenvalue weighted by atomic mass is 16.5. The number of hydrogen-bond donors (Lipinski definition) is 1. The van der Waals surface area contributed by atoms with Crippen LogP contribution >= 0.6 is 0 Å². The van der Waals surface area contributed by atoms with E-state index in [9.17, 15) is 19.2 Å². The second kappa shape index (κ2) is 22.2. The summed E-state index contributed by atoms with van der Waals surface area (Å²) in [5, 5.41) is 8.59. The zero-order valence-electron chi connectivity index (χ0n) is 26.7. The Morgan fingerprint density at radius 2 is 1.12 bits per heavy atom. The number of ether oxygens (including phenoxy) is 6. The van der Waals surface area contributed by atoms with Crippen molar-refractivity contribution in [3.63, 3.8) is 0 Å². The van der Waals surface area contributed by atoms with Crippen LogP contribution in [-0.4, -0.2) is 94.9 Å². The van der Waals surface area contributed by atoms with Gasteiger partial charge in [0.2, 0.25) is 0 Å². The van der Waals surface area contributed by atoms with Crippen molar-refractivity contribution in [3.05, 3.63) is 11.6 Å². The third kappa shape index (κ3) is 19.5. The van der Waals surface area contributed by atoms with Crippen LogP contribution in [0, 0.1) is 10.8 Å². The minimum atomic E-state index is -0.700. The first-order valence-corrected chi connectivity index (χ1v) is 15.6. The van der Waals surface area contributed by atoms with Gasteiger partial charge in [-0.25, -0.2) is 4.79 Å². The largest absolute Gasteiger partial charge is 0.481 e. The van der Waals surface area contributed by atoms with Gasteiger partial charge in [-0.15, -0.1) is 0 Å². The Balaban J connectivity index is 0.000000292. The number of rotatable bonds is 7. The number of ketones is 1. The van der Waals surface area contributed by atoms with Gasteiger partial charge in [-0.2, -0.15) is 0 Å². The van der Waals surface area contributed by atoms with Gasteiger partial charge in [0.15, 0.2) is 0 Å². The molecule has 0 radical (unpaired) electrons. The van der Waals surface area contributed by atoms with E-state index in [4.69, 9.17) is 33.5 Å². The molecule has 0 aromatic rings. The Morgan fingerprint density at radius 3 is 1.51 bits per heavy atom. The Morgan fingerprint density at radius 1 is 0.698 bits per heavy atom. The topological polar surface area (TPSA) is 144 Å². The van der Waals surface area contributed by atoms with Crippen LogP contribution < -0.4 is 0 Å². The van der Waals surface area contributed by atoms with Crippen molar-refractivity contribution in [2.24, 2.45) is 10.8 Å². The fraction of sp³-hybridized carbons (Fsp3) is 0.812. The zero-order valence-corrected chi connectivity index (χ0v) is 26.7. The molecule has 0 amide bonds. The van der Waals surface area contributed by atoms with E-state index < -0.39 is 5.97 Å². The summed E-state index contributed by atoms with van der Waals surface area (Å²) in [6.45, 7) is 14.4. The van der Waals surface area contributed by atoms with Crippen LogP contribution in [0.25, 0.3) is 0 Å². The molecule has 0 atom stereocenters. The fourth-order valence-corrected chi connectivity index (χ4v) is 4.74. The Bertz CT molecular complexity index is 839. The summed E-state index contributed by atoms with van der Waals surface area (Å²) in [6.07, 6.45) is 9.04. The van der Waals surface area contributed by atoms with Gasteiger partial charge in [-0.3, -0.25) is 14.4 Å². The van der Waals surface area contributed by atoms with Crippen molar-refractivity contribution in [2.45, 2.75) is 91.9 Å². The second-order valence-electron chi connectivity index (χ2n) is 11.7. The molecule has 1 N–H and O–H groups in total. The lowest BCUT2D eigenvalue weighted by atomic mass is 9.79. The van der Waals surface area contributed by atoms with Crippen molar-refractivity contribution in [3.8, 4) is 0 Å². The molecule has 43 heavy (non-hydrogen) atoms. The minimum absolute atomic E-state index is 0.0237. The van der Waals surface area contributed by atoms with Gasteiger partial charge in [0, 0.05) is 45.3 Å². The van der Waals surface area contributed by atoms with Gasteiger partial charge < -0.3 is 33.5 Å². The molecule has 4 heterocycles. The van der Waals surface area contributed by atoms with Gasteiger partial charge in [-0.05, 0) is 63.2 Å². The number of aliphatic carboxylic acids is 1. The van der Waals surface area contributed by atoms with Gasteiger partial charge in [0.1, 0.15) is 5.78 Å². The summed E-state index contributed by atoms with van der Waals surface area (Å²) in [6, 6.07) is 0. The highest BCUT2D eigenvalue weighted by Crippen LogP contribution is 2.34. The lowest BCUT2D eigenvalue weighted by Crippen LogP contribution is -2.29. The van der Waals surface area contributed by atoms with Gasteiger partial charge in [0.05, 0.1) is 52.5 Å². The molecule has 4 rings (SSSR count). The number of esters is 2. The minimum Gasteiger partial charge on any atom is -0.481 e. The summed E-state index contributed by atoms with van der Waals surface area (Å²) in [5.74, 6) is -0.665. The average Bonchev–Trinajstić information content (AvgIpc) is 2.95. The molecule has 248 valence electrons. The Hall–Kier alpha value is -2.34. The summed E-state index contributed by atoms with van der Waals surface area (Å²) in [4.78, 5) is 43.0. The maximum absolute atomic E-state index is 11.3. The standard InChI is InChI=1S/C10H18O3.C9H14O3.C8H14O3.C5H8O2/c1-3-13-9(11)8-10(2)4-6-12-7-5-10;1-2-12-9(10)7-8-3-5-11-6-4-8;1-8(6-7(9)10)2-4-11-5-3-8;6-5-1-3-7-4-2-5/h3-8H2,1-2H3;7H,2-6H2,1H3;2-6H2,1H3,(H,9,10);1-4H2. The van der Waals surface area contributed by atoms with E-state index in [0.29, 0.717) is 64.7 Å². The normalized spacial score (nSPS) is 20.7. The average molecular weight is 615 g/mol. The van der Waals surface area contributed by atoms with Gasteiger partial charge >= 0.3 is 17.9 Å². The molecular weight excluding hydrogens is 560 g/mol. The molecule has 0 unspecified atom stereocenters. The van der Waals surface area contributed by atoms with Crippen molar-refractivity contribution >= 4 is 23.7 Å². The van der Waals surface area contributed by atoms with Gasteiger partial charge in [0.25, 0.3) is 0 Å². The SMILES string of the molecule is CC1(CC(=O)O)CCOCC1.CCOC(=O)C=C1CCOCC1.CCOC(=O)CC1(C)CCOCC1.O=C1CCOCC1. The van der Waals surface area contributed by atoms with Crippen molar-refractivity contribution in [1.82, 2.24) is 0 Å². The van der Waals surface area contributed by atoms with Crippen LogP contribution in [0.4, 0.5) is 0 Å². The highest BCUT2D eigenvalue weighted by molar-refractivity contribution is 5.82. The summed E-state index contributed by atoms with van der Waals surface area (Å²) in [5.41, 5.74) is 1.22. The Labute approximate surface area is 256 Å². The van der Waals surface area contributed by atoms with E-state index in [1.54, 1.807) is 13.0 Å². The molecule has 4 saturated heterocycles. The molecule has 0 bridgehead atoms. The molecule has 0 spiro atoms. The van der Waals surface area contributed by atoms with E-state index >= 15 is 0 Å². The highest BCUT2D eigenvalue weighted by Gasteiger charge is 2.31. The van der Waals surface area contributed by atoms with Crippen LogP contribution in [0.2, 0.25) is 0 Å². The van der Waals surface area contributed by atoms with Crippen molar-refractivity contribution < 1.29 is 52.7 Å². The quantitative estimate of drug-likeness (QED) is 0.315. The maximum Gasteiger partial charge on any atom is 0.330 e. The maximum atomic E-state index is 11.3. The second-order valence-corrected chi connectivity index (χ2v) is 11.7. The molecule has 4 fully saturated rings. The predicted octanol–water partition coefficient (Wildman–Crippen LogP) is 4.69. The first-order valence-electron chi connectivity index (χ1n) is 15.6. The van der Waals surface area contributed by atoms with E-state index in [2.05, 4.69) is 6.92 Å². The number of carboxylic acids is 1. The van der Waals surface area contributed by atoms with E-state index in [0.717, 1.165) is 70.5 Å². The first kappa shape index (κ1) is 38.7. The van der Waals surface area contributed by atoms with Crippen LogP contribution in [0.5, 0.6) is 0 Å². The number of hydrogen-bond acceptors (Lipinski definition) is 10. The van der Waals surface area contributed by atoms with E-state index in [1.807, 2.05) is 13.8 Å². The third-order valence-corrected chi connectivity index (χ3v) is 7.65. The number of Topliss-reactive ketones (excluding diaryl/α,β-unsaturated/α-hetero) is 1. The molecule has 0 aromatic carbocycles. The van der Waals surface area contributed by atoms with Crippen LogP contribution in [0.15, 0.2) is 11.6 Å². The Kier molecular flexibility index (Phi) is 20.0. The molecule has 0 aliphatic carbocycles. The summed E-state index contributed by atoms with van der Waals surface area (Å²) < 4.78 is 30.2. The van der Waals surface area contributed by atoms with E-state index in [1.165, 1.54) is 0 Å². The summed E-state index contributed by atoms with van der Waals surface area (Å²) in [7, 11) is 0. The molecule has 4 aliphatic heterocycles. The van der Waals surface area contributed by atoms with Crippen molar-refractivity contribution in [2.75, 3.05) is 66.1 Å². The monoisotopic (exact) mass is 614 g/mol. The first-order chi connectivity index (χ1) is 20.5. The van der Waals surface area contributed by atoms with Crippen molar-refractivity contribution in [1.29, 1.82) is 0 Å². The number of carbonyl (C=O) groups is 4. The smallest absolute Gasteiger partial charge is 0.330 e.